The Balaban J connectivity index is 1.56. The number of benzene rings is 1. The van der Waals surface area contributed by atoms with Crippen LogP contribution >= 0.6 is 11.8 Å². The van der Waals surface area contributed by atoms with Gasteiger partial charge in [-0.2, -0.15) is 0 Å². The maximum Gasteiger partial charge on any atom is 0.236 e. The minimum absolute atomic E-state index is 0.0969. The van der Waals surface area contributed by atoms with Crippen LogP contribution in [0.1, 0.15) is 18.4 Å². The van der Waals surface area contributed by atoms with Gasteiger partial charge in [0.1, 0.15) is 17.3 Å². The molecule has 0 radical (unpaired) electrons. The second-order valence-electron chi connectivity index (χ2n) is 6.36. The van der Waals surface area contributed by atoms with Gasteiger partial charge < -0.3 is 19.1 Å². The smallest absolute Gasteiger partial charge is 0.236 e. The van der Waals surface area contributed by atoms with Gasteiger partial charge in [-0.3, -0.25) is 9.59 Å². The molecule has 2 aromatic heterocycles. The topological polar surface area (TPSA) is 75.7 Å². The van der Waals surface area contributed by atoms with E-state index in [1.165, 1.54) is 36.0 Å². The number of halogens is 1. The number of hydrogen-bond acceptors (Lipinski definition) is 5. The van der Waals surface area contributed by atoms with E-state index in [0.29, 0.717) is 30.3 Å². The number of carbonyl (C=O) groups is 2. The molecule has 152 valence electrons. The van der Waals surface area contributed by atoms with Crippen molar-refractivity contribution in [3.05, 3.63) is 78.4 Å². The summed E-state index contributed by atoms with van der Waals surface area (Å²) in [4.78, 5) is 26.7. The predicted molar refractivity (Wildman–Crippen MR) is 109 cm³/mol. The standard InChI is InChI=1S/C21H21FN2O4S/c1-15(29-14-20(25)23-17-8-6-16(22)7-9-17)21(26)24(12-18-4-2-10-27-18)13-19-5-3-11-28-19/h2-11,15H,12-14H2,1H3,(H,23,25). The number of anilines is 1. The van der Waals surface area contributed by atoms with Gasteiger partial charge in [0.2, 0.25) is 11.8 Å². The molecule has 3 aromatic rings. The van der Waals surface area contributed by atoms with Crippen LogP contribution in [0.25, 0.3) is 0 Å². The minimum Gasteiger partial charge on any atom is -0.467 e. The first-order valence-electron chi connectivity index (χ1n) is 9.02. The molecule has 2 heterocycles. The second-order valence-corrected chi connectivity index (χ2v) is 7.69. The van der Waals surface area contributed by atoms with Crippen LogP contribution in [-0.4, -0.2) is 27.7 Å². The molecule has 1 N–H and O–H groups in total. The quantitative estimate of drug-likeness (QED) is 0.563. The van der Waals surface area contributed by atoms with E-state index in [2.05, 4.69) is 5.32 Å². The summed E-state index contributed by atoms with van der Waals surface area (Å²) in [5, 5.41) is 2.24. The van der Waals surface area contributed by atoms with Gasteiger partial charge in [0, 0.05) is 5.69 Å². The summed E-state index contributed by atoms with van der Waals surface area (Å²) < 4.78 is 23.7. The Morgan fingerprint density at radius 1 is 1.03 bits per heavy atom. The van der Waals surface area contributed by atoms with E-state index in [1.54, 1.807) is 48.6 Å². The number of amides is 2. The number of carbonyl (C=O) groups excluding carboxylic acids is 2. The second kappa shape index (κ2) is 9.97. The van der Waals surface area contributed by atoms with E-state index < -0.39 is 5.25 Å². The first-order chi connectivity index (χ1) is 14.0. The van der Waals surface area contributed by atoms with Crippen molar-refractivity contribution in [3.8, 4) is 0 Å². The SMILES string of the molecule is CC(SCC(=O)Nc1ccc(F)cc1)C(=O)N(Cc1ccco1)Cc1ccco1. The van der Waals surface area contributed by atoms with Crippen LogP contribution in [0.5, 0.6) is 0 Å². The molecule has 8 heteroatoms. The molecule has 1 unspecified atom stereocenters. The molecule has 0 bridgehead atoms. The summed E-state index contributed by atoms with van der Waals surface area (Å²) in [5.41, 5.74) is 0.508. The van der Waals surface area contributed by atoms with Crippen LogP contribution in [0.4, 0.5) is 10.1 Å². The van der Waals surface area contributed by atoms with E-state index in [9.17, 15) is 14.0 Å². The zero-order chi connectivity index (χ0) is 20.6. The molecular weight excluding hydrogens is 395 g/mol. The van der Waals surface area contributed by atoms with Gasteiger partial charge in [-0.1, -0.05) is 0 Å². The Kier molecular flexibility index (Phi) is 7.13. The number of hydrogen-bond donors (Lipinski definition) is 1. The van der Waals surface area contributed by atoms with Gasteiger partial charge in [-0.25, -0.2) is 4.39 Å². The van der Waals surface area contributed by atoms with Crippen molar-refractivity contribution in [2.75, 3.05) is 11.1 Å². The predicted octanol–water partition coefficient (Wildman–Crippen LogP) is 4.30. The minimum atomic E-state index is -0.445. The van der Waals surface area contributed by atoms with Gasteiger partial charge in [-0.15, -0.1) is 11.8 Å². The molecule has 1 atom stereocenters. The van der Waals surface area contributed by atoms with Crippen molar-refractivity contribution in [2.45, 2.75) is 25.3 Å². The van der Waals surface area contributed by atoms with Gasteiger partial charge in [-0.05, 0) is 55.5 Å². The third-order valence-corrected chi connectivity index (χ3v) is 5.24. The van der Waals surface area contributed by atoms with E-state index >= 15 is 0 Å². The number of nitrogens with one attached hydrogen (secondary N) is 1. The summed E-state index contributed by atoms with van der Waals surface area (Å²) in [5.74, 6) is 0.666. The Labute approximate surface area is 172 Å². The van der Waals surface area contributed by atoms with Crippen LogP contribution in [0.15, 0.2) is 69.9 Å². The summed E-state index contributed by atoms with van der Waals surface area (Å²) in [6.45, 7) is 2.37. The molecule has 6 nitrogen and oxygen atoms in total. The fourth-order valence-electron chi connectivity index (χ4n) is 2.65. The third kappa shape index (κ3) is 6.25. The van der Waals surface area contributed by atoms with Crippen LogP contribution in [0.3, 0.4) is 0 Å². The molecule has 0 saturated heterocycles. The van der Waals surface area contributed by atoms with Crippen LogP contribution in [0.2, 0.25) is 0 Å². The fourth-order valence-corrected chi connectivity index (χ4v) is 3.42. The molecule has 29 heavy (non-hydrogen) atoms. The highest BCUT2D eigenvalue weighted by molar-refractivity contribution is 8.01. The monoisotopic (exact) mass is 416 g/mol. The zero-order valence-corrected chi connectivity index (χ0v) is 16.7. The van der Waals surface area contributed by atoms with Crippen LogP contribution < -0.4 is 5.32 Å². The van der Waals surface area contributed by atoms with Crippen molar-refractivity contribution < 1.29 is 22.8 Å². The highest BCUT2D eigenvalue weighted by atomic mass is 32.2. The Morgan fingerprint density at radius 3 is 2.14 bits per heavy atom. The lowest BCUT2D eigenvalue weighted by atomic mass is 10.3. The van der Waals surface area contributed by atoms with E-state index in [1.807, 2.05) is 0 Å². The number of nitrogens with zero attached hydrogens (tertiary/aromatic N) is 1. The summed E-state index contributed by atoms with van der Waals surface area (Å²) in [7, 11) is 0. The zero-order valence-electron chi connectivity index (χ0n) is 15.8. The average Bonchev–Trinajstić information content (AvgIpc) is 3.41. The molecule has 3 rings (SSSR count). The van der Waals surface area contributed by atoms with Crippen molar-refractivity contribution in [1.29, 1.82) is 0 Å². The first kappa shape index (κ1) is 20.7. The van der Waals surface area contributed by atoms with Gasteiger partial charge in [0.15, 0.2) is 0 Å². The van der Waals surface area contributed by atoms with E-state index in [4.69, 9.17) is 8.83 Å². The molecule has 0 aliphatic carbocycles. The summed E-state index contributed by atoms with van der Waals surface area (Å²) in [6.07, 6.45) is 3.12. The third-order valence-electron chi connectivity index (χ3n) is 4.11. The Bertz CT molecular complexity index is 875. The number of rotatable bonds is 9. The lowest BCUT2D eigenvalue weighted by Gasteiger charge is -2.24. The van der Waals surface area contributed by atoms with Crippen molar-refractivity contribution >= 4 is 29.3 Å². The maximum atomic E-state index is 13.0. The van der Waals surface area contributed by atoms with Crippen molar-refractivity contribution in [2.24, 2.45) is 0 Å². The van der Waals surface area contributed by atoms with E-state index in [0.717, 1.165) is 0 Å². The lowest BCUT2D eigenvalue weighted by Crippen LogP contribution is -2.36. The maximum absolute atomic E-state index is 13.0. The van der Waals surface area contributed by atoms with Gasteiger partial charge in [0.25, 0.3) is 0 Å². The van der Waals surface area contributed by atoms with Crippen molar-refractivity contribution in [1.82, 2.24) is 4.90 Å². The Hall–Kier alpha value is -3.00. The molecule has 0 aliphatic rings. The van der Waals surface area contributed by atoms with E-state index in [-0.39, 0.29) is 23.4 Å². The highest BCUT2D eigenvalue weighted by Crippen LogP contribution is 2.19. The first-order valence-corrected chi connectivity index (χ1v) is 10.1. The normalized spacial score (nSPS) is 11.8. The highest BCUT2D eigenvalue weighted by Gasteiger charge is 2.24. The largest absolute Gasteiger partial charge is 0.467 e. The molecule has 0 fully saturated rings. The molecule has 0 saturated carbocycles. The lowest BCUT2D eigenvalue weighted by molar-refractivity contribution is -0.132. The molecule has 0 aliphatic heterocycles. The summed E-state index contributed by atoms with van der Waals surface area (Å²) in [6, 6.07) is 12.7. The Morgan fingerprint density at radius 2 is 1.62 bits per heavy atom. The average molecular weight is 416 g/mol. The number of furan rings is 2. The molecule has 2 amide bonds. The van der Waals surface area contributed by atoms with Gasteiger partial charge >= 0.3 is 0 Å². The van der Waals surface area contributed by atoms with Crippen LogP contribution in [-0.2, 0) is 22.7 Å². The van der Waals surface area contributed by atoms with Crippen LogP contribution in [0, 0.1) is 5.82 Å². The van der Waals surface area contributed by atoms with Crippen molar-refractivity contribution in [3.63, 3.8) is 0 Å². The summed E-state index contributed by atoms with van der Waals surface area (Å²) >= 11 is 1.23. The molecule has 0 spiro atoms. The molecular formula is C21H21FN2O4S. The number of thioether (sulfide) groups is 1. The van der Waals surface area contributed by atoms with Gasteiger partial charge in [0.05, 0.1) is 36.6 Å². The fraction of sp³-hybridized carbons (Fsp3) is 0.238. The molecule has 1 aromatic carbocycles.